The van der Waals surface area contributed by atoms with Gasteiger partial charge < -0.3 is 19.7 Å². The molecule has 2 N–H and O–H groups in total. The number of hydrogen-bond donors (Lipinski definition) is 2. The Kier molecular flexibility index (Phi) is 3.57. The van der Waals surface area contributed by atoms with Crippen LogP contribution in [0.15, 0.2) is 6.07 Å². The fraction of sp³-hybridized carbons (Fsp3) is 0.273. The number of ether oxygens (including phenoxy) is 2. The Morgan fingerprint density at radius 2 is 1.82 bits per heavy atom. The summed E-state index contributed by atoms with van der Waals surface area (Å²) in [6, 6.07) is 1.08. The van der Waals surface area contributed by atoms with Gasteiger partial charge in [0, 0.05) is 0 Å². The number of benzene rings is 1. The van der Waals surface area contributed by atoms with Crippen molar-refractivity contribution in [3.8, 4) is 17.2 Å². The molecule has 6 heteroatoms. The number of carboxylic acid groups (broad SMARTS) is 1. The van der Waals surface area contributed by atoms with Crippen LogP contribution in [0.3, 0.4) is 0 Å². The number of carbonyl (C=O) groups excluding carboxylic acids is 1. The Morgan fingerprint density at radius 1 is 1.24 bits per heavy atom. The smallest absolute Gasteiger partial charge is 0.336 e. The summed E-state index contributed by atoms with van der Waals surface area (Å²) in [6.07, 6.45) is 0. The molecule has 92 valence electrons. The molecule has 0 heterocycles. The van der Waals surface area contributed by atoms with E-state index in [1.165, 1.54) is 21.1 Å². The zero-order valence-electron chi connectivity index (χ0n) is 9.60. The molecule has 0 aliphatic carbocycles. The molecular formula is C11H12O6. The summed E-state index contributed by atoms with van der Waals surface area (Å²) in [5.74, 6) is -2.48. The molecule has 1 aromatic rings. The highest BCUT2D eigenvalue weighted by Gasteiger charge is 2.25. The van der Waals surface area contributed by atoms with Crippen molar-refractivity contribution in [3.05, 3.63) is 17.2 Å². The lowest BCUT2D eigenvalue weighted by molar-refractivity contribution is 0.0691. The Bertz CT molecular complexity index is 477. The van der Waals surface area contributed by atoms with Gasteiger partial charge in [0.15, 0.2) is 17.3 Å². The van der Waals surface area contributed by atoms with Crippen LogP contribution in [0.25, 0.3) is 0 Å². The van der Waals surface area contributed by atoms with Crippen LogP contribution in [0.2, 0.25) is 0 Å². The number of methoxy groups -OCH3 is 2. The van der Waals surface area contributed by atoms with Crippen molar-refractivity contribution < 1.29 is 29.3 Å². The lowest BCUT2D eigenvalue weighted by atomic mass is 10.0. The third-order valence-corrected chi connectivity index (χ3v) is 2.23. The van der Waals surface area contributed by atoms with E-state index >= 15 is 0 Å². The predicted molar refractivity (Wildman–Crippen MR) is 58.2 cm³/mol. The quantitative estimate of drug-likeness (QED) is 0.771. The standard InChI is InChI=1S/C11H12O6/c1-5(12)8-6(11(14)15)4-7(16-2)9(13)10(8)17-3/h4,13H,1-3H3,(H,14,15). The molecular weight excluding hydrogens is 228 g/mol. The molecule has 0 spiro atoms. The third kappa shape index (κ3) is 2.15. The number of carboxylic acids is 1. The minimum Gasteiger partial charge on any atom is -0.502 e. The number of rotatable bonds is 4. The molecule has 0 radical (unpaired) electrons. The van der Waals surface area contributed by atoms with Gasteiger partial charge in [0.25, 0.3) is 0 Å². The first-order valence-electron chi connectivity index (χ1n) is 4.66. The molecule has 0 aromatic heterocycles. The molecule has 0 bridgehead atoms. The summed E-state index contributed by atoms with van der Waals surface area (Å²) in [6.45, 7) is 1.19. The summed E-state index contributed by atoms with van der Waals surface area (Å²) in [4.78, 5) is 22.4. The van der Waals surface area contributed by atoms with E-state index in [9.17, 15) is 14.7 Å². The molecule has 17 heavy (non-hydrogen) atoms. The fourth-order valence-corrected chi connectivity index (χ4v) is 1.50. The van der Waals surface area contributed by atoms with Crippen molar-refractivity contribution in [1.82, 2.24) is 0 Å². The Morgan fingerprint density at radius 3 is 2.18 bits per heavy atom. The molecule has 0 unspecified atom stereocenters. The maximum atomic E-state index is 11.4. The van der Waals surface area contributed by atoms with Crippen LogP contribution in [-0.2, 0) is 0 Å². The lowest BCUT2D eigenvalue weighted by Crippen LogP contribution is -2.09. The number of phenolic OH excluding ortho intramolecular Hbond substituents is 1. The van der Waals surface area contributed by atoms with Gasteiger partial charge in [-0.1, -0.05) is 0 Å². The summed E-state index contributed by atoms with van der Waals surface area (Å²) < 4.78 is 9.66. The molecule has 0 amide bonds. The predicted octanol–water partition coefficient (Wildman–Crippen LogP) is 1.31. The van der Waals surface area contributed by atoms with E-state index in [1.807, 2.05) is 0 Å². The van der Waals surface area contributed by atoms with Gasteiger partial charge in [-0.15, -0.1) is 0 Å². The third-order valence-electron chi connectivity index (χ3n) is 2.23. The molecule has 1 aromatic carbocycles. The number of carbonyl (C=O) groups is 2. The van der Waals surface area contributed by atoms with E-state index in [0.717, 1.165) is 6.07 Å². The largest absolute Gasteiger partial charge is 0.502 e. The van der Waals surface area contributed by atoms with Gasteiger partial charge in [-0.3, -0.25) is 4.79 Å². The van der Waals surface area contributed by atoms with Gasteiger partial charge in [-0.2, -0.15) is 0 Å². The first kappa shape index (κ1) is 12.8. The summed E-state index contributed by atoms with van der Waals surface area (Å²) in [5, 5.41) is 18.7. The van der Waals surface area contributed by atoms with Gasteiger partial charge in [-0.05, 0) is 13.0 Å². The van der Waals surface area contributed by atoms with Crippen LogP contribution in [0, 0.1) is 0 Å². The van der Waals surface area contributed by atoms with Crippen LogP contribution < -0.4 is 9.47 Å². The van der Waals surface area contributed by atoms with Crippen molar-refractivity contribution in [2.75, 3.05) is 14.2 Å². The van der Waals surface area contributed by atoms with E-state index in [1.54, 1.807) is 0 Å². The van der Waals surface area contributed by atoms with E-state index in [2.05, 4.69) is 0 Å². The van der Waals surface area contributed by atoms with Gasteiger partial charge in [-0.25, -0.2) is 4.79 Å². The van der Waals surface area contributed by atoms with Crippen LogP contribution in [0.4, 0.5) is 0 Å². The number of aromatic carboxylic acids is 1. The van der Waals surface area contributed by atoms with Crippen molar-refractivity contribution in [2.24, 2.45) is 0 Å². The molecule has 0 saturated heterocycles. The topological polar surface area (TPSA) is 93.1 Å². The summed E-state index contributed by atoms with van der Waals surface area (Å²) in [5.41, 5.74) is -0.456. The molecule has 0 aliphatic heterocycles. The van der Waals surface area contributed by atoms with Crippen molar-refractivity contribution in [2.45, 2.75) is 6.92 Å². The van der Waals surface area contributed by atoms with Crippen molar-refractivity contribution in [1.29, 1.82) is 0 Å². The van der Waals surface area contributed by atoms with E-state index < -0.39 is 17.5 Å². The second kappa shape index (κ2) is 4.73. The van der Waals surface area contributed by atoms with Crippen LogP contribution in [-0.4, -0.2) is 36.2 Å². The summed E-state index contributed by atoms with van der Waals surface area (Å²) >= 11 is 0. The highest BCUT2D eigenvalue weighted by Crippen LogP contribution is 2.41. The van der Waals surface area contributed by atoms with Gasteiger partial charge >= 0.3 is 5.97 Å². The van der Waals surface area contributed by atoms with Crippen molar-refractivity contribution >= 4 is 11.8 Å². The van der Waals surface area contributed by atoms with E-state index in [-0.39, 0.29) is 22.6 Å². The molecule has 1 rings (SSSR count). The maximum absolute atomic E-state index is 11.4. The number of aromatic hydroxyl groups is 1. The van der Waals surface area contributed by atoms with Crippen LogP contribution >= 0.6 is 0 Å². The van der Waals surface area contributed by atoms with E-state index in [0.29, 0.717) is 0 Å². The van der Waals surface area contributed by atoms with Crippen LogP contribution in [0.1, 0.15) is 27.6 Å². The fourth-order valence-electron chi connectivity index (χ4n) is 1.50. The minimum absolute atomic E-state index is 0.0655. The van der Waals surface area contributed by atoms with Gasteiger partial charge in [0.2, 0.25) is 5.75 Å². The average Bonchev–Trinajstić information content (AvgIpc) is 2.27. The lowest BCUT2D eigenvalue weighted by Gasteiger charge is -2.13. The number of hydrogen-bond acceptors (Lipinski definition) is 5. The average molecular weight is 240 g/mol. The Hall–Kier alpha value is -2.24. The Balaban J connectivity index is 3.70. The summed E-state index contributed by atoms with van der Waals surface area (Å²) in [7, 11) is 2.50. The highest BCUT2D eigenvalue weighted by molar-refractivity contribution is 6.08. The first-order valence-corrected chi connectivity index (χ1v) is 4.66. The highest BCUT2D eigenvalue weighted by atomic mass is 16.5. The maximum Gasteiger partial charge on any atom is 0.336 e. The monoisotopic (exact) mass is 240 g/mol. The molecule has 0 atom stereocenters. The Labute approximate surface area is 97.4 Å². The SMILES string of the molecule is COc1cc(C(=O)O)c(C(C)=O)c(OC)c1O. The number of Topliss-reactive ketones (excluding diaryl/α,β-unsaturated/α-hetero) is 1. The molecule has 6 nitrogen and oxygen atoms in total. The zero-order valence-corrected chi connectivity index (χ0v) is 9.60. The van der Waals surface area contributed by atoms with Crippen molar-refractivity contribution in [3.63, 3.8) is 0 Å². The zero-order chi connectivity index (χ0) is 13.2. The normalized spacial score (nSPS) is 9.82. The first-order chi connectivity index (χ1) is 7.93. The van der Waals surface area contributed by atoms with Gasteiger partial charge in [0.1, 0.15) is 0 Å². The second-order valence-corrected chi connectivity index (χ2v) is 3.24. The minimum atomic E-state index is -1.30. The molecule has 0 saturated carbocycles. The molecule has 0 aliphatic rings. The van der Waals surface area contributed by atoms with Crippen LogP contribution in [0.5, 0.6) is 17.2 Å². The van der Waals surface area contributed by atoms with E-state index in [4.69, 9.17) is 14.6 Å². The van der Waals surface area contributed by atoms with Gasteiger partial charge in [0.05, 0.1) is 25.3 Å². The number of phenols is 1. The molecule has 0 fully saturated rings. The second-order valence-electron chi connectivity index (χ2n) is 3.24. The number of ketones is 1.